The summed E-state index contributed by atoms with van der Waals surface area (Å²) in [5, 5.41) is 2.73. The van der Waals surface area contributed by atoms with Crippen LogP contribution in [0.5, 0.6) is 0 Å². The highest BCUT2D eigenvalue weighted by atomic mass is 16.2. The molecule has 210 valence electrons. The molecule has 0 bridgehead atoms. The fraction of sp³-hybridized carbons (Fsp3) is 0.267. The molecule has 41 heavy (non-hydrogen) atoms. The van der Waals surface area contributed by atoms with Crippen molar-refractivity contribution in [2.75, 3.05) is 37.6 Å². The number of hydrogen-bond acceptors (Lipinski definition) is 6. The highest BCUT2D eigenvalue weighted by Gasteiger charge is 2.26. The molecule has 0 spiro atoms. The first-order chi connectivity index (χ1) is 19.6. The van der Waals surface area contributed by atoms with E-state index in [0.717, 1.165) is 33.4 Å². The summed E-state index contributed by atoms with van der Waals surface area (Å²) in [7, 11) is 0. The van der Waals surface area contributed by atoms with Crippen molar-refractivity contribution in [3.05, 3.63) is 77.5 Å². The number of nitrogens with zero attached hydrogens (tertiary/aromatic N) is 5. The lowest BCUT2D eigenvalue weighted by Crippen LogP contribution is -2.51. The van der Waals surface area contributed by atoms with Gasteiger partial charge in [0, 0.05) is 57.8 Å². The van der Waals surface area contributed by atoms with E-state index in [4.69, 9.17) is 0 Å². The predicted octanol–water partition coefficient (Wildman–Crippen LogP) is 1.76. The van der Waals surface area contributed by atoms with Crippen molar-refractivity contribution in [3.63, 3.8) is 0 Å². The monoisotopic (exact) mass is 554 g/mol. The van der Waals surface area contributed by atoms with E-state index in [1.54, 1.807) is 28.9 Å². The van der Waals surface area contributed by atoms with Gasteiger partial charge in [-0.25, -0.2) is 4.98 Å². The number of hydrogen-bond donors (Lipinski definition) is 1. The Morgan fingerprint density at radius 2 is 1.61 bits per heavy atom. The summed E-state index contributed by atoms with van der Waals surface area (Å²) in [6.45, 7) is 12.5. The third-order valence-corrected chi connectivity index (χ3v) is 7.54. The van der Waals surface area contributed by atoms with Gasteiger partial charge < -0.3 is 20.0 Å². The molecule has 11 heteroatoms. The molecule has 1 fully saturated rings. The second-order valence-electron chi connectivity index (χ2n) is 10.1. The van der Waals surface area contributed by atoms with Crippen LogP contribution in [-0.4, -0.2) is 75.7 Å². The Kier molecular flexibility index (Phi) is 7.27. The molecule has 4 amide bonds. The summed E-state index contributed by atoms with van der Waals surface area (Å²) < 4.78 is 1.04. The third kappa shape index (κ3) is 5.13. The largest absolute Gasteiger partial charge is 0.339 e. The summed E-state index contributed by atoms with van der Waals surface area (Å²) in [6.07, 6.45) is 1.98. The summed E-state index contributed by atoms with van der Waals surface area (Å²) in [6, 6.07) is 11.1. The van der Waals surface area contributed by atoms with Gasteiger partial charge in [0.25, 0.3) is 17.4 Å². The van der Waals surface area contributed by atoms with Gasteiger partial charge in [-0.2, -0.15) is 0 Å². The van der Waals surface area contributed by atoms with Crippen LogP contribution < -0.4 is 15.8 Å². The molecule has 1 aromatic heterocycles. The highest BCUT2D eigenvalue weighted by molar-refractivity contribution is 6.15. The molecule has 2 aliphatic rings. The van der Waals surface area contributed by atoms with E-state index in [2.05, 4.69) is 23.5 Å². The number of fused-ring (bicyclic) bond motifs is 2. The van der Waals surface area contributed by atoms with Crippen molar-refractivity contribution in [2.45, 2.75) is 20.3 Å². The average Bonchev–Trinajstić information content (AvgIpc) is 3.40. The van der Waals surface area contributed by atoms with Crippen molar-refractivity contribution < 1.29 is 19.2 Å². The van der Waals surface area contributed by atoms with Gasteiger partial charge in [0.05, 0.1) is 16.6 Å². The van der Waals surface area contributed by atoms with Gasteiger partial charge in [-0.3, -0.25) is 28.5 Å². The lowest BCUT2D eigenvalue weighted by Gasteiger charge is -2.34. The molecule has 3 heterocycles. The number of anilines is 1. The minimum atomic E-state index is -0.765. The van der Waals surface area contributed by atoms with Gasteiger partial charge in [-0.05, 0) is 35.7 Å². The summed E-state index contributed by atoms with van der Waals surface area (Å²) >= 11 is 0. The molecule has 0 radical (unpaired) electrons. The molecule has 1 N–H and O–H groups in total. The van der Waals surface area contributed by atoms with Crippen LogP contribution in [0.3, 0.4) is 0 Å². The molecule has 2 aromatic carbocycles. The number of rotatable bonds is 5. The SMILES string of the molecule is C=C(NC(=O)C(=C)n1cnc2c(-c3ccc4c(c3)CCN4C(C)=O)cccc2c1=O)C(=O)N1CCN(C(C)=O)CC1. The minimum absolute atomic E-state index is 0.00594. The van der Waals surface area contributed by atoms with Gasteiger partial charge >= 0.3 is 0 Å². The molecule has 3 aromatic rings. The standard InChI is InChI=1S/C30H30N6O5/c1-18(29(40)34-14-12-33(13-15-34)20(3)37)32-28(39)19(2)36-17-31-27-24(6-5-7-25(27)30(36)41)22-8-9-26-23(16-22)10-11-35(26)21(4)38/h5-9,16-17H,1-2,10-15H2,3-4H3,(H,32,39). The first kappa shape index (κ1) is 27.5. The second kappa shape index (κ2) is 10.8. The van der Waals surface area contributed by atoms with Gasteiger partial charge in [-0.1, -0.05) is 31.4 Å². The fourth-order valence-corrected chi connectivity index (χ4v) is 5.26. The molecule has 0 unspecified atom stereocenters. The van der Waals surface area contributed by atoms with Crippen LogP contribution in [-0.2, 0) is 25.6 Å². The lowest BCUT2D eigenvalue weighted by atomic mass is 9.99. The van der Waals surface area contributed by atoms with Crippen LogP contribution in [0.4, 0.5) is 5.69 Å². The number of piperazine rings is 1. The molecule has 1 saturated heterocycles. The molecule has 0 atom stereocenters. The first-order valence-corrected chi connectivity index (χ1v) is 13.2. The van der Waals surface area contributed by atoms with Crippen LogP contribution in [0.1, 0.15) is 19.4 Å². The van der Waals surface area contributed by atoms with Crippen molar-refractivity contribution in [1.82, 2.24) is 24.7 Å². The Labute approximate surface area is 236 Å². The number of benzene rings is 2. The number of aromatic nitrogens is 2. The highest BCUT2D eigenvalue weighted by Crippen LogP contribution is 2.34. The Hall–Kier alpha value is -5.06. The smallest absolute Gasteiger partial charge is 0.272 e. The van der Waals surface area contributed by atoms with Gasteiger partial charge in [0.1, 0.15) is 12.0 Å². The van der Waals surface area contributed by atoms with E-state index >= 15 is 0 Å². The maximum absolute atomic E-state index is 13.4. The number of amides is 4. The minimum Gasteiger partial charge on any atom is -0.339 e. The van der Waals surface area contributed by atoms with Crippen LogP contribution in [0, 0.1) is 0 Å². The van der Waals surface area contributed by atoms with E-state index < -0.39 is 17.4 Å². The van der Waals surface area contributed by atoms with Gasteiger partial charge in [0.15, 0.2) is 0 Å². The Balaban J connectivity index is 1.34. The van der Waals surface area contributed by atoms with Gasteiger partial charge in [0.2, 0.25) is 11.8 Å². The van der Waals surface area contributed by atoms with Crippen LogP contribution in [0.25, 0.3) is 27.7 Å². The van der Waals surface area contributed by atoms with E-state index in [1.165, 1.54) is 18.2 Å². The van der Waals surface area contributed by atoms with E-state index in [1.807, 2.05) is 24.3 Å². The number of carbonyl (C=O) groups excluding carboxylic acids is 4. The summed E-state index contributed by atoms with van der Waals surface area (Å²) in [5.41, 5.74) is 3.14. The van der Waals surface area contributed by atoms with Gasteiger partial charge in [-0.15, -0.1) is 0 Å². The van der Waals surface area contributed by atoms with E-state index in [-0.39, 0.29) is 23.2 Å². The van der Waals surface area contributed by atoms with Crippen LogP contribution >= 0.6 is 0 Å². The number of para-hydroxylation sites is 1. The molecule has 11 nitrogen and oxygen atoms in total. The average molecular weight is 555 g/mol. The molecule has 2 aliphatic heterocycles. The number of nitrogens with one attached hydrogen (secondary N) is 1. The van der Waals surface area contributed by atoms with Crippen molar-refractivity contribution >= 4 is 45.9 Å². The van der Waals surface area contributed by atoms with Crippen molar-refractivity contribution in [3.8, 4) is 11.1 Å². The zero-order valence-electron chi connectivity index (χ0n) is 23.0. The maximum Gasteiger partial charge on any atom is 0.272 e. The molecule has 0 saturated carbocycles. The molecule has 5 rings (SSSR count). The summed E-state index contributed by atoms with van der Waals surface area (Å²) in [5.74, 6) is -1.30. The van der Waals surface area contributed by atoms with Crippen LogP contribution in [0.2, 0.25) is 0 Å². The third-order valence-electron chi connectivity index (χ3n) is 7.54. The molecular formula is C30H30N6O5. The Morgan fingerprint density at radius 1 is 0.902 bits per heavy atom. The Bertz CT molecular complexity index is 1700. The number of carbonyl (C=O) groups is 4. The van der Waals surface area contributed by atoms with E-state index in [9.17, 15) is 24.0 Å². The zero-order valence-corrected chi connectivity index (χ0v) is 23.0. The topological polar surface area (TPSA) is 125 Å². The van der Waals surface area contributed by atoms with Crippen molar-refractivity contribution in [2.24, 2.45) is 0 Å². The quantitative estimate of drug-likeness (QED) is 0.480. The predicted molar refractivity (Wildman–Crippen MR) is 155 cm³/mol. The zero-order chi connectivity index (χ0) is 29.4. The van der Waals surface area contributed by atoms with Crippen LogP contribution in [0.15, 0.2) is 66.4 Å². The maximum atomic E-state index is 13.4. The lowest BCUT2D eigenvalue weighted by molar-refractivity contribution is -0.136. The Morgan fingerprint density at radius 3 is 2.29 bits per heavy atom. The van der Waals surface area contributed by atoms with E-state index in [0.29, 0.717) is 43.6 Å². The molecular weight excluding hydrogens is 524 g/mol. The molecule has 0 aliphatic carbocycles. The summed E-state index contributed by atoms with van der Waals surface area (Å²) in [4.78, 5) is 72.0. The second-order valence-corrected chi connectivity index (χ2v) is 10.1. The fourth-order valence-electron chi connectivity index (χ4n) is 5.26. The normalized spacial score (nSPS) is 14.5. The first-order valence-electron chi connectivity index (χ1n) is 13.2. The van der Waals surface area contributed by atoms with Crippen molar-refractivity contribution in [1.29, 1.82) is 0 Å².